The highest BCUT2D eigenvalue weighted by Crippen LogP contribution is 2.40. The Bertz CT molecular complexity index is 1060. The number of anilines is 1. The van der Waals surface area contributed by atoms with Crippen LogP contribution in [0.3, 0.4) is 0 Å². The van der Waals surface area contributed by atoms with E-state index in [1.165, 1.54) is 18.2 Å². The van der Waals surface area contributed by atoms with Crippen molar-refractivity contribution in [3.05, 3.63) is 47.5 Å². The van der Waals surface area contributed by atoms with Gasteiger partial charge in [-0.2, -0.15) is 18.4 Å². The van der Waals surface area contributed by atoms with Gasteiger partial charge < -0.3 is 15.1 Å². The Morgan fingerprint density at radius 1 is 1.32 bits per heavy atom. The molecule has 0 aromatic heterocycles. The Kier molecular flexibility index (Phi) is 6.68. The molecule has 8 heteroatoms. The summed E-state index contributed by atoms with van der Waals surface area (Å²) in [6.45, 7) is 2.23. The highest BCUT2D eigenvalue weighted by Gasteiger charge is 2.39. The number of allylic oxidation sites excluding steroid dienone is 2. The van der Waals surface area contributed by atoms with Crippen molar-refractivity contribution in [2.24, 2.45) is 0 Å². The van der Waals surface area contributed by atoms with Crippen molar-refractivity contribution in [2.45, 2.75) is 44.5 Å². The van der Waals surface area contributed by atoms with Gasteiger partial charge in [0.25, 0.3) is 0 Å². The van der Waals surface area contributed by atoms with Crippen molar-refractivity contribution in [1.29, 1.82) is 5.26 Å². The lowest BCUT2D eigenvalue weighted by molar-refractivity contribution is -0.116. The first kappa shape index (κ1) is 22.8. The Balaban J connectivity index is 2.12. The average molecular weight is 432 g/mol. The van der Waals surface area contributed by atoms with Crippen LogP contribution in [0.5, 0.6) is 0 Å². The SMILES string of the molecule is CC1CCN1c1cccc2ccc(/C(=C(\C#N)C(=O)CCC(O)CO)C(F)(F)F)cc12. The Morgan fingerprint density at radius 3 is 2.61 bits per heavy atom. The summed E-state index contributed by atoms with van der Waals surface area (Å²) in [5, 5.41) is 29.0. The smallest absolute Gasteiger partial charge is 0.394 e. The first-order chi connectivity index (χ1) is 14.7. The predicted octanol–water partition coefficient (Wildman–Crippen LogP) is 3.98. The summed E-state index contributed by atoms with van der Waals surface area (Å²) in [5.74, 6) is -1.02. The summed E-state index contributed by atoms with van der Waals surface area (Å²) < 4.78 is 42.0. The molecule has 164 valence electrons. The quantitative estimate of drug-likeness (QED) is 0.511. The number of rotatable bonds is 7. The minimum absolute atomic E-state index is 0.236. The predicted molar refractivity (Wildman–Crippen MR) is 111 cm³/mol. The number of nitrogens with zero attached hydrogens (tertiary/aromatic N) is 2. The molecule has 1 fully saturated rings. The van der Waals surface area contributed by atoms with Crippen LogP contribution in [0, 0.1) is 11.3 Å². The van der Waals surface area contributed by atoms with Crippen LogP contribution >= 0.6 is 0 Å². The first-order valence-electron chi connectivity index (χ1n) is 10.0. The molecule has 0 bridgehead atoms. The van der Waals surface area contributed by atoms with E-state index in [1.54, 1.807) is 12.1 Å². The molecule has 0 amide bonds. The van der Waals surface area contributed by atoms with E-state index in [0.29, 0.717) is 5.39 Å². The third kappa shape index (κ3) is 4.73. The standard InChI is InChI=1S/C23H23F3N2O3/c1-14-9-10-28(14)20-4-2-3-15-5-6-16(11-18(15)20)22(23(24,25)26)19(12-27)21(31)8-7-17(30)13-29/h2-6,11,14,17,29-30H,7-10,13H2,1H3/b22-19-. The Labute approximate surface area is 178 Å². The zero-order valence-electron chi connectivity index (χ0n) is 17.0. The summed E-state index contributed by atoms with van der Waals surface area (Å²) >= 11 is 0. The molecule has 2 atom stereocenters. The van der Waals surface area contributed by atoms with Crippen LogP contribution in [-0.2, 0) is 4.79 Å². The number of hydrogen-bond acceptors (Lipinski definition) is 5. The molecule has 1 saturated heterocycles. The van der Waals surface area contributed by atoms with E-state index < -0.39 is 42.2 Å². The number of alkyl halides is 3. The molecule has 0 spiro atoms. The molecule has 31 heavy (non-hydrogen) atoms. The van der Waals surface area contributed by atoms with Gasteiger partial charge in [-0.25, -0.2) is 0 Å². The van der Waals surface area contributed by atoms with Gasteiger partial charge in [-0.05, 0) is 42.8 Å². The maximum absolute atomic E-state index is 14.0. The summed E-state index contributed by atoms with van der Waals surface area (Å²) in [7, 11) is 0. The number of carbonyl (C=O) groups is 1. The highest BCUT2D eigenvalue weighted by molar-refractivity contribution is 6.08. The minimum Gasteiger partial charge on any atom is -0.394 e. The second kappa shape index (κ2) is 9.08. The summed E-state index contributed by atoms with van der Waals surface area (Å²) in [5.41, 5.74) is -1.72. The highest BCUT2D eigenvalue weighted by atomic mass is 19.4. The Hall–Kier alpha value is -2.89. The molecule has 0 saturated carbocycles. The number of Topliss-reactive ketones (excluding diaryl/α,β-unsaturated/α-hetero) is 1. The molecule has 2 unspecified atom stereocenters. The molecule has 1 aliphatic rings. The van der Waals surface area contributed by atoms with Gasteiger partial charge in [-0.1, -0.05) is 24.3 Å². The second-order valence-corrected chi connectivity index (χ2v) is 7.70. The molecular weight excluding hydrogens is 409 g/mol. The van der Waals surface area contributed by atoms with E-state index in [-0.39, 0.29) is 18.0 Å². The normalized spacial score (nSPS) is 18.2. The number of fused-ring (bicyclic) bond motifs is 1. The molecule has 0 aliphatic carbocycles. The lowest BCUT2D eigenvalue weighted by atomic mass is 9.92. The van der Waals surface area contributed by atoms with E-state index in [2.05, 4.69) is 4.90 Å². The molecule has 5 nitrogen and oxygen atoms in total. The molecule has 1 aliphatic heterocycles. The zero-order chi connectivity index (χ0) is 22.8. The van der Waals surface area contributed by atoms with E-state index in [9.17, 15) is 28.3 Å². The number of ketones is 1. The largest absolute Gasteiger partial charge is 0.418 e. The topological polar surface area (TPSA) is 84.6 Å². The fourth-order valence-corrected chi connectivity index (χ4v) is 3.76. The van der Waals surface area contributed by atoms with Gasteiger partial charge in [-0.3, -0.25) is 4.79 Å². The number of halogens is 3. The number of carbonyl (C=O) groups excluding carboxylic acids is 1. The van der Waals surface area contributed by atoms with Crippen molar-refractivity contribution in [3.63, 3.8) is 0 Å². The second-order valence-electron chi connectivity index (χ2n) is 7.70. The summed E-state index contributed by atoms with van der Waals surface area (Å²) in [4.78, 5) is 14.5. The van der Waals surface area contributed by atoms with Crippen molar-refractivity contribution >= 4 is 27.8 Å². The lowest BCUT2D eigenvalue weighted by Crippen LogP contribution is -2.45. The van der Waals surface area contributed by atoms with Gasteiger partial charge in [0.2, 0.25) is 0 Å². The van der Waals surface area contributed by atoms with Crippen molar-refractivity contribution in [3.8, 4) is 6.07 Å². The van der Waals surface area contributed by atoms with Crippen LogP contribution in [0.2, 0.25) is 0 Å². The fourth-order valence-electron chi connectivity index (χ4n) is 3.76. The van der Waals surface area contributed by atoms with Crippen LogP contribution in [0.1, 0.15) is 31.7 Å². The van der Waals surface area contributed by atoms with Crippen molar-refractivity contribution in [1.82, 2.24) is 0 Å². The molecular formula is C23H23F3N2O3. The van der Waals surface area contributed by atoms with E-state index in [4.69, 9.17) is 5.11 Å². The Morgan fingerprint density at radius 2 is 2.06 bits per heavy atom. The molecule has 1 heterocycles. The summed E-state index contributed by atoms with van der Waals surface area (Å²) in [6, 6.07) is 11.4. The van der Waals surface area contributed by atoms with E-state index >= 15 is 0 Å². The maximum Gasteiger partial charge on any atom is 0.418 e. The van der Waals surface area contributed by atoms with Crippen LogP contribution in [0.4, 0.5) is 18.9 Å². The molecule has 2 aromatic carbocycles. The summed E-state index contributed by atoms with van der Waals surface area (Å²) in [6.07, 6.45) is -5.88. The minimum atomic E-state index is -4.93. The van der Waals surface area contributed by atoms with Gasteiger partial charge in [0.05, 0.1) is 18.3 Å². The lowest BCUT2D eigenvalue weighted by Gasteiger charge is -2.41. The van der Waals surface area contributed by atoms with Crippen molar-refractivity contribution < 1.29 is 28.2 Å². The number of nitriles is 1. The number of hydrogen-bond donors (Lipinski definition) is 2. The van der Waals surface area contributed by atoms with Gasteiger partial charge >= 0.3 is 6.18 Å². The van der Waals surface area contributed by atoms with Crippen molar-refractivity contribution in [2.75, 3.05) is 18.1 Å². The number of aliphatic hydroxyl groups excluding tert-OH is 2. The molecule has 2 aromatic rings. The number of aliphatic hydroxyl groups is 2. The first-order valence-corrected chi connectivity index (χ1v) is 10.0. The van der Waals surface area contributed by atoms with Gasteiger partial charge in [0.1, 0.15) is 11.6 Å². The van der Waals surface area contributed by atoms with Crippen LogP contribution in [-0.4, -0.2) is 47.5 Å². The van der Waals surface area contributed by atoms with Crippen LogP contribution in [0.25, 0.3) is 16.3 Å². The van der Waals surface area contributed by atoms with E-state index in [0.717, 1.165) is 24.0 Å². The van der Waals surface area contributed by atoms with Gasteiger partial charge in [0, 0.05) is 30.1 Å². The molecule has 3 rings (SSSR count). The number of benzene rings is 2. The third-order valence-electron chi connectivity index (χ3n) is 5.62. The van der Waals surface area contributed by atoms with Gasteiger partial charge in [0.15, 0.2) is 5.78 Å². The molecule has 2 N–H and O–H groups in total. The van der Waals surface area contributed by atoms with E-state index in [1.807, 2.05) is 19.1 Å². The molecule has 0 radical (unpaired) electrons. The van der Waals surface area contributed by atoms with Gasteiger partial charge in [-0.15, -0.1) is 0 Å². The third-order valence-corrected chi connectivity index (χ3v) is 5.62. The fraction of sp³-hybridized carbons (Fsp3) is 0.391. The average Bonchev–Trinajstić information content (AvgIpc) is 2.73. The van der Waals surface area contributed by atoms with Crippen LogP contribution in [0.15, 0.2) is 42.0 Å². The zero-order valence-corrected chi connectivity index (χ0v) is 17.0. The van der Waals surface area contributed by atoms with Crippen LogP contribution < -0.4 is 4.90 Å². The monoisotopic (exact) mass is 432 g/mol. The maximum atomic E-state index is 14.0.